The summed E-state index contributed by atoms with van der Waals surface area (Å²) in [5.41, 5.74) is 0. The van der Waals surface area contributed by atoms with Crippen molar-refractivity contribution in [1.29, 1.82) is 0 Å². The molecule has 0 aromatic heterocycles. The van der Waals surface area contributed by atoms with Gasteiger partial charge in [0.2, 0.25) is 10.0 Å². The first-order valence-corrected chi connectivity index (χ1v) is 12.3. The van der Waals surface area contributed by atoms with Crippen molar-refractivity contribution in [3.63, 3.8) is 0 Å². The van der Waals surface area contributed by atoms with E-state index in [4.69, 9.17) is 12.2 Å². The Bertz CT molecular complexity index is 894. The van der Waals surface area contributed by atoms with E-state index in [2.05, 4.69) is 16.5 Å². The number of thiocarbonyl (C=S) groups is 1. The van der Waals surface area contributed by atoms with Crippen LogP contribution in [0, 0.1) is 0 Å². The van der Waals surface area contributed by atoms with E-state index in [-0.39, 0.29) is 0 Å². The minimum absolute atomic E-state index is 0.354. The summed E-state index contributed by atoms with van der Waals surface area (Å²) in [4.78, 5) is 2.41. The highest BCUT2D eigenvalue weighted by Gasteiger charge is 2.29. The monoisotopic (exact) mass is 423 g/mol. The zero-order chi connectivity index (χ0) is 19.3. The predicted molar refractivity (Wildman–Crippen MR) is 118 cm³/mol. The molecule has 1 saturated heterocycles. The molecule has 0 unspecified atom stereocenters. The van der Waals surface area contributed by atoms with Gasteiger partial charge in [-0.1, -0.05) is 30.3 Å². The molecule has 2 aromatic rings. The molecule has 1 N–H and O–H groups in total. The SMILES string of the molecule is CSCCCNC(=S)N1CCN(S(=O)(=O)c2ccc3ccccc3c2)CC1. The van der Waals surface area contributed by atoms with E-state index in [1.54, 1.807) is 16.4 Å². The fourth-order valence-corrected chi connectivity index (χ4v) is 5.31. The number of nitrogens with one attached hydrogen (secondary N) is 1. The number of piperazine rings is 1. The Morgan fingerprint density at radius 3 is 2.52 bits per heavy atom. The van der Waals surface area contributed by atoms with Gasteiger partial charge in [-0.25, -0.2) is 8.42 Å². The highest BCUT2D eigenvalue weighted by Crippen LogP contribution is 2.22. The van der Waals surface area contributed by atoms with Gasteiger partial charge in [0.15, 0.2) is 5.11 Å². The molecule has 0 atom stereocenters. The average molecular weight is 424 g/mol. The van der Waals surface area contributed by atoms with Crippen LogP contribution >= 0.6 is 24.0 Å². The smallest absolute Gasteiger partial charge is 0.243 e. The number of benzene rings is 2. The number of hydrogen-bond donors (Lipinski definition) is 1. The Labute approximate surface area is 171 Å². The quantitative estimate of drug-likeness (QED) is 0.570. The lowest BCUT2D eigenvalue weighted by Gasteiger charge is -2.35. The van der Waals surface area contributed by atoms with Crippen LogP contribution in [0.3, 0.4) is 0 Å². The van der Waals surface area contributed by atoms with Crippen molar-refractivity contribution in [2.24, 2.45) is 0 Å². The summed E-state index contributed by atoms with van der Waals surface area (Å²) in [6, 6.07) is 13.1. The maximum absolute atomic E-state index is 13.0. The Morgan fingerprint density at radius 2 is 1.81 bits per heavy atom. The normalized spacial score (nSPS) is 15.8. The molecule has 8 heteroatoms. The summed E-state index contributed by atoms with van der Waals surface area (Å²) in [5, 5.41) is 5.97. The van der Waals surface area contributed by atoms with E-state index in [0.29, 0.717) is 31.1 Å². The molecule has 0 spiro atoms. The van der Waals surface area contributed by atoms with Crippen molar-refractivity contribution in [2.45, 2.75) is 11.3 Å². The van der Waals surface area contributed by atoms with Gasteiger partial charge in [-0.15, -0.1) is 0 Å². The first kappa shape index (κ1) is 20.4. The zero-order valence-electron chi connectivity index (χ0n) is 15.4. The van der Waals surface area contributed by atoms with Crippen LogP contribution in [0.4, 0.5) is 0 Å². The Morgan fingerprint density at radius 1 is 1.11 bits per heavy atom. The Kier molecular flexibility index (Phi) is 6.97. The molecule has 3 rings (SSSR count). The second-order valence-electron chi connectivity index (χ2n) is 6.48. The van der Waals surface area contributed by atoms with Crippen LogP contribution in [-0.4, -0.2) is 67.5 Å². The van der Waals surface area contributed by atoms with Gasteiger partial charge in [0.1, 0.15) is 0 Å². The molecule has 0 radical (unpaired) electrons. The topological polar surface area (TPSA) is 52.6 Å². The van der Waals surface area contributed by atoms with E-state index < -0.39 is 10.0 Å². The molecule has 0 saturated carbocycles. The lowest BCUT2D eigenvalue weighted by molar-refractivity contribution is 0.264. The summed E-state index contributed by atoms with van der Waals surface area (Å²) < 4.78 is 27.6. The van der Waals surface area contributed by atoms with E-state index >= 15 is 0 Å². The fraction of sp³-hybridized carbons (Fsp3) is 0.421. The van der Waals surface area contributed by atoms with Gasteiger partial charge in [-0.05, 0) is 53.6 Å². The second-order valence-corrected chi connectivity index (χ2v) is 9.79. The van der Waals surface area contributed by atoms with Gasteiger partial charge >= 0.3 is 0 Å². The molecule has 27 heavy (non-hydrogen) atoms. The van der Waals surface area contributed by atoms with Gasteiger partial charge < -0.3 is 10.2 Å². The maximum Gasteiger partial charge on any atom is 0.243 e. The van der Waals surface area contributed by atoms with Crippen molar-refractivity contribution in [3.05, 3.63) is 42.5 Å². The van der Waals surface area contributed by atoms with Gasteiger partial charge in [0.25, 0.3) is 0 Å². The Balaban J connectivity index is 1.61. The highest BCUT2D eigenvalue weighted by molar-refractivity contribution is 7.98. The molecular formula is C19H25N3O2S3. The molecule has 0 amide bonds. The van der Waals surface area contributed by atoms with Crippen molar-refractivity contribution in [3.8, 4) is 0 Å². The molecule has 1 aliphatic rings. The van der Waals surface area contributed by atoms with E-state index in [0.717, 1.165) is 34.6 Å². The second kappa shape index (κ2) is 9.23. The van der Waals surface area contributed by atoms with Crippen LogP contribution < -0.4 is 5.32 Å². The summed E-state index contributed by atoms with van der Waals surface area (Å²) >= 11 is 7.26. The van der Waals surface area contributed by atoms with Gasteiger partial charge in [-0.3, -0.25) is 0 Å². The Hall–Kier alpha value is -1.35. The summed E-state index contributed by atoms with van der Waals surface area (Å²) in [7, 11) is -3.49. The third-order valence-electron chi connectivity index (χ3n) is 4.69. The summed E-state index contributed by atoms with van der Waals surface area (Å²) in [5.74, 6) is 1.10. The molecule has 2 aromatic carbocycles. The number of fused-ring (bicyclic) bond motifs is 1. The number of hydrogen-bond acceptors (Lipinski definition) is 4. The predicted octanol–water partition coefficient (Wildman–Crippen LogP) is 2.77. The average Bonchev–Trinajstić information content (AvgIpc) is 2.70. The minimum Gasteiger partial charge on any atom is -0.363 e. The molecule has 1 fully saturated rings. The molecule has 1 heterocycles. The molecule has 1 aliphatic heterocycles. The fourth-order valence-electron chi connectivity index (χ4n) is 3.13. The van der Waals surface area contributed by atoms with Crippen LogP contribution in [0.25, 0.3) is 10.8 Å². The van der Waals surface area contributed by atoms with E-state index in [1.807, 2.05) is 42.1 Å². The number of thioether (sulfide) groups is 1. The van der Waals surface area contributed by atoms with Gasteiger partial charge in [0.05, 0.1) is 4.90 Å². The number of rotatable bonds is 6. The molecule has 0 aliphatic carbocycles. The summed E-state index contributed by atoms with van der Waals surface area (Å²) in [6.07, 6.45) is 3.16. The molecule has 146 valence electrons. The first-order chi connectivity index (χ1) is 13.0. The van der Waals surface area contributed by atoms with Crippen molar-refractivity contribution < 1.29 is 8.42 Å². The molecule has 5 nitrogen and oxygen atoms in total. The lowest BCUT2D eigenvalue weighted by Crippen LogP contribution is -2.53. The maximum atomic E-state index is 13.0. The van der Waals surface area contributed by atoms with Crippen molar-refractivity contribution in [2.75, 3.05) is 44.7 Å². The highest BCUT2D eigenvalue weighted by atomic mass is 32.2. The third kappa shape index (κ3) is 4.93. The standard InChI is InChI=1S/C19H25N3O2S3/c1-26-14-4-9-20-19(25)21-10-12-22(13-11-21)27(23,24)18-8-7-16-5-2-3-6-17(16)15-18/h2-3,5-8,15H,4,9-14H2,1H3,(H,20,25). The number of nitrogens with zero attached hydrogens (tertiary/aromatic N) is 2. The molecule has 0 bridgehead atoms. The zero-order valence-corrected chi connectivity index (χ0v) is 17.9. The van der Waals surface area contributed by atoms with E-state index in [9.17, 15) is 8.42 Å². The minimum atomic E-state index is -3.49. The van der Waals surface area contributed by atoms with Gasteiger partial charge in [-0.2, -0.15) is 16.1 Å². The first-order valence-electron chi connectivity index (χ1n) is 9.03. The van der Waals surface area contributed by atoms with Crippen LogP contribution in [-0.2, 0) is 10.0 Å². The summed E-state index contributed by atoms with van der Waals surface area (Å²) in [6.45, 7) is 2.97. The molecular weight excluding hydrogens is 398 g/mol. The van der Waals surface area contributed by atoms with Crippen LogP contribution in [0.5, 0.6) is 0 Å². The van der Waals surface area contributed by atoms with Crippen LogP contribution in [0.15, 0.2) is 47.4 Å². The van der Waals surface area contributed by atoms with Crippen molar-refractivity contribution >= 4 is 49.9 Å². The number of sulfonamides is 1. The lowest BCUT2D eigenvalue weighted by atomic mass is 10.1. The third-order valence-corrected chi connectivity index (χ3v) is 7.68. The van der Waals surface area contributed by atoms with Crippen LogP contribution in [0.1, 0.15) is 6.42 Å². The van der Waals surface area contributed by atoms with Crippen LogP contribution in [0.2, 0.25) is 0 Å². The van der Waals surface area contributed by atoms with Gasteiger partial charge in [0, 0.05) is 32.7 Å². The van der Waals surface area contributed by atoms with E-state index in [1.165, 1.54) is 0 Å². The largest absolute Gasteiger partial charge is 0.363 e. The van der Waals surface area contributed by atoms with Crippen molar-refractivity contribution in [1.82, 2.24) is 14.5 Å².